The van der Waals surface area contributed by atoms with E-state index in [0.717, 1.165) is 28.6 Å². The van der Waals surface area contributed by atoms with Gasteiger partial charge in [-0.05, 0) is 49.8 Å². The second kappa shape index (κ2) is 7.26. The number of anilines is 2. The molecule has 1 aliphatic heterocycles. The standard InChI is InChI=1S/C19H23N3OS/c1-4-24-18-10-9-16(12-20-18)21-14(3)19(23)22-13(2)11-15-7-5-6-8-17(15)22/h5-10,12-14,21H,4,11H2,1-3H3/t13-,14-/m0/s1. The quantitative estimate of drug-likeness (QED) is 0.836. The smallest absolute Gasteiger partial charge is 0.249 e. The van der Waals surface area contributed by atoms with Crippen molar-refractivity contribution in [3.63, 3.8) is 0 Å². The lowest BCUT2D eigenvalue weighted by Crippen LogP contribution is -2.44. The van der Waals surface area contributed by atoms with Gasteiger partial charge in [-0.15, -0.1) is 11.8 Å². The van der Waals surface area contributed by atoms with Gasteiger partial charge in [-0.3, -0.25) is 4.79 Å². The number of amides is 1. The highest BCUT2D eigenvalue weighted by atomic mass is 32.2. The first-order chi connectivity index (χ1) is 11.6. The number of hydrogen-bond acceptors (Lipinski definition) is 4. The number of para-hydroxylation sites is 1. The van der Waals surface area contributed by atoms with Crippen molar-refractivity contribution in [1.82, 2.24) is 4.98 Å². The Morgan fingerprint density at radius 3 is 2.88 bits per heavy atom. The molecule has 0 aliphatic carbocycles. The molecule has 0 radical (unpaired) electrons. The van der Waals surface area contributed by atoms with Gasteiger partial charge in [0.05, 0.1) is 16.9 Å². The van der Waals surface area contributed by atoms with Crippen LogP contribution in [0.4, 0.5) is 11.4 Å². The van der Waals surface area contributed by atoms with E-state index in [4.69, 9.17) is 0 Å². The first-order valence-corrected chi connectivity index (χ1v) is 9.35. The Morgan fingerprint density at radius 1 is 1.38 bits per heavy atom. The van der Waals surface area contributed by atoms with Gasteiger partial charge >= 0.3 is 0 Å². The third kappa shape index (κ3) is 3.41. The summed E-state index contributed by atoms with van der Waals surface area (Å²) in [6, 6.07) is 12.0. The molecular formula is C19H23N3OS. The van der Waals surface area contributed by atoms with E-state index < -0.39 is 0 Å². The van der Waals surface area contributed by atoms with Crippen LogP contribution < -0.4 is 10.2 Å². The maximum atomic E-state index is 12.9. The van der Waals surface area contributed by atoms with Gasteiger partial charge in [0.2, 0.25) is 5.91 Å². The molecule has 4 nitrogen and oxygen atoms in total. The molecule has 1 aliphatic rings. The van der Waals surface area contributed by atoms with Gasteiger partial charge in [0.15, 0.2) is 0 Å². The Morgan fingerprint density at radius 2 is 2.17 bits per heavy atom. The van der Waals surface area contributed by atoms with Crippen molar-refractivity contribution in [2.45, 2.75) is 44.3 Å². The summed E-state index contributed by atoms with van der Waals surface area (Å²) in [6.45, 7) is 6.11. The summed E-state index contributed by atoms with van der Waals surface area (Å²) >= 11 is 1.71. The van der Waals surface area contributed by atoms with Gasteiger partial charge < -0.3 is 10.2 Å². The van der Waals surface area contributed by atoms with Gasteiger partial charge in [0, 0.05) is 11.7 Å². The molecule has 1 N–H and O–H groups in total. The first kappa shape index (κ1) is 16.8. The molecule has 0 saturated heterocycles. The van der Waals surface area contributed by atoms with Crippen molar-refractivity contribution >= 4 is 29.0 Å². The lowest BCUT2D eigenvalue weighted by molar-refractivity contribution is -0.119. The minimum absolute atomic E-state index is 0.0967. The fourth-order valence-electron chi connectivity index (χ4n) is 3.12. The van der Waals surface area contributed by atoms with Crippen molar-refractivity contribution in [2.24, 2.45) is 0 Å². The Bertz CT molecular complexity index is 717. The minimum atomic E-state index is -0.301. The van der Waals surface area contributed by atoms with Crippen molar-refractivity contribution in [3.8, 4) is 0 Å². The zero-order valence-electron chi connectivity index (χ0n) is 14.3. The van der Waals surface area contributed by atoms with Crippen molar-refractivity contribution in [1.29, 1.82) is 0 Å². The highest BCUT2D eigenvalue weighted by Crippen LogP contribution is 2.32. The molecule has 5 heteroatoms. The van der Waals surface area contributed by atoms with E-state index in [0.29, 0.717) is 0 Å². The van der Waals surface area contributed by atoms with Crippen LogP contribution in [0.15, 0.2) is 47.6 Å². The van der Waals surface area contributed by atoms with Crippen LogP contribution in [0.2, 0.25) is 0 Å². The lowest BCUT2D eigenvalue weighted by atomic mass is 10.1. The van der Waals surface area contributed by atoms with E-state index in [1.165, 1.54) is 5.56 Å². The van der Waals surface area contributed by atoms with Gasteiger partial charge in [-0.25, -0.2) is 4.98 Å². The van der Waals surface area contributed by atoms with Crippen LogP contribution >= 0.6 is 11.8 Å². The number of carbonyl (C=O) groups is 1. The minimum Gasteiger partial charge on any atom is -0.373 e. The lowest BCUT2D eigenvalue weighted by Gasteiger charge is -2.27. The summed E-state index contributed by atoms with van der Waals surface area (Å²) < 4.78 is 0. The van der Waals surface area contributed by atoms with E-state index in [9.17, 15) is 4.79 Å². The normalized spacial score (nSPS) is 17.5. The van der Waals surface area contributed by atoms with Gasteiger partial charge in [0.25, 0.3) is 0 Å². The molecule has 2 aromatic rings. The average molecular weight is 341 g/mol. The fraction of sp³-hybridized carbons (Fsp3) is 0.368. The topological polar surface area (TPSA) is 45.2 Å². The summed E-state index contributed by atoms with van der Waals surface area (Å²) in [4.78, 5) is 19.3. The third-order valence-electron chi connectivity index (χ3n) is 4.23. The molecule has 126 valence electrons. The van der Waals surface area contributed by atoms with Gasteiger partial charge in [-0.2, -0.15) is 0 Å². The number of rotatable bonds is 5. The number of aromatic nitrogens is 1. The Balaban J connectivity index is 1.71. The number of fused-ring (bicyclic) bond motifs is 1. The van der Waals surface area contributed by atoms with Crippen LogP contribution in [0, 0.1) is 0 Å². The Kier molecular flexibility index (Phi) is 5.09. The summed E-state index contributed by atoms with van der Waals surface area (Å²) in [5.41, 5.74) is 3.15. The number of nitrogens with one attached hydrogen (secondary N) is 1. The average Bonchev–Trinajstić information content (AvgIpc) is 2.92. The molecule has 24 heavy (non-hydrogen) atoms. The molecular weight excluding hydrogens is 318 g/mol. The fourth-order valence-corrected chi connectivity index (χ4v) is 3.71. The zero-order chi connectivity index (χ0) is 17.1. The van der Waals surface area contributed by atoms with Crippen LogP contribution in [-0.2, 0) is 11.2 Å². The number of nitrogens with zero attached hydrogens (tertiary/aromatic N) is 2. The first-order valence-electron chi connectivity index (χ1n) is 8.36. The predicted octanol–water partition coefficient (Wildman–Crippen LogP) is 3.97. The van der Waals surface area contributed by atoms with E-state index in [-0.39, 0.29) is 18.0 Å². The Labute approximate surface area is 147 Å². The monoisotopic (exact) mass is 341 g/mol. The Hall–Kier alpha value is -2.01. The summed E-state index contributed by atoms with van der Waals surface area (Å²) in [6.07, 6.45) is 2.71. The third-order valence-corrected chi connectivity index (χ3v) is 5.05. The summed E-state index contributed by atoms with van der Waals surface area (Å²) in [5, 5.41) is 4.28. The molecule has 3 rings (SSSR count). The summed E-state index contributed by atoms with van der Waals surface area (Å²) in [5.74, 6) is 1.10. The molecule has 0 fully saturated rings. The zero-order valence-corrected chi connectivity index (χ0v) is 15.1. The highest BCUT2D eigenvalue weighted by molar-refractivity contribution is 7.99. The van der Waals surface area contributed by atoms with Gasteiger partial charge in [-0.1, -0.05) is 25.1 Å². The van der Waals surface area contributed by atoms with E-state index in [1.54, 1.807) is 18.0 Å². The van der Waals surface area contributed by atoms with E-state index in [2.05, 4.69) is 30.2 Å². The number of thioether (sulfide) groups is 1. The second-order valence-corrected chi connectivity index (χ2v) is 7.36. The molecule has 2 heterocycles. The molecule has 0 saturated carbocycles. The number of hydrogen-bond donors (Lipinski definition) is 1. The molecule has 0 unspecified atom stereocenters. The molecule has 2 atom stereocenters. The van der Waals surface area contributed by atoms with Crippen LogP contribution in [-0.4, -0.2) is 28.7 Å². The van der Waals surface area contributed by atoms with Crippen LogP contribution in [0.25, 0.3) is 0 Å². The molecule has 1 aromatic carbocycles. The maximum absolute atomic E-state index is 12.9. The molecule has 0 spiro atoms. The van der Waals surface area contributed by atoms with Crippen LogP contribution in [0.5, 0.6) is 0 Å². The molecule has 1 aromatic heterocycles. The predicted molar refractivity (Wildman–Crippen MR) is 101 cm³/mol. The van der Waals surface area contributed by atoms with Crippen molar-refractivity contribution < 1.29 is 4.79 Å². The largest absolute Gasteiger partial charge is 0.373 e. The van der Waals surface area contributed by atoms with Crippen molar-refractivity contribution in [2.75, 3.05) is 16.0 Å². The van der Waals surface area contributed by atoms with Crippen LogP contribution in [0.1, 0.15) is 26.3 Å². The number of benzene rings is 1. The summed E-state index contributed by atoms with van der Waals surface area (Å²) in [7, 11) is 0. The maximum Gasteiger partial charge on any atom is 0.249 e. The van der Waals surface area contributed by atoms with Gasteiger partial charge in [0.1, 0.15) is 6.04 Å². The van der Waals surface area contributed by atoms with E-state index in [1.807, 2.05) is 42.2 Å². The molecule has 0 bridgehead atoms. The van der Waals surface area contributed by atoms with E-state index >= 15 is 0 Å². The number of pyridine rings is 1. The highest BCUT2D eigenvalue weighted by Gasteiger charge is 2.32. The molecule has 1 amide bonds. The second-order valence-electron chi connectivity index (χ2n) is 6.07. The SMILES string of the molecule is CCSc1ccc(N[C@@H](C)C(=O)N2c3ccccc3C[C@@H]2C)cn1. The van der Waals surface area contributed by atoms with Crippen LogP contribution in [0.3, 0.4) is 0 Å². The number of carbonyl (C=O) groups excluding carboxylic acids is 1. The van der Waals surface area contributed by atoms with Crippen molar-refractivity contribution in [3.05, 3.63) is 48.2 Å².